The van der Waals surface area contributed by atoms with Crippen LogP contribution in [-0.4, -0.2) is 72.5 Å². The van der Waals surface area contributed by atoms with E-state index in [2.05, 4.69) is 5.32 Å². The molecule has 3 fully saturated rings. The van der Waals surface area contributed by atoms with E-state index >= 15 is 0 Å². The van der Waals surface area contributed by atoms with E-state index < -0.39 is 45.9 Å². The molecule has 0 aromatic heterocycles. The molecule has 1 aromatic rings. The van der Waals surface area contributed by atoms with Crippen LogP contribution in [0.3, 0.4) is 0 Å². The van der Waals surface area contributed by atoms with Crippen molar-refractivity contribution in [3.8, 4) is 6.07 Å². The van der Waals surface area contributed by atoms with E-state index in [1.54, 1.807) is 6.92 Å². The zero-order valence-electron chi connectivity index (χ0n) is 20.4. The lowest BCUT2D eigenvalue weighted by Crippen LogP contribution is -2.57. The van der Waals surface area contributed by atoms with Crippen molar-refractivity contribution in [1.82, 2.24) is 18.8 Å². The van der Waals surface area contributed by atoms with E-state index in [0.717, 1.165) is 12.1 Å². The van der Waals surface area contributed by atoms with E-state index in [9.17, 15) is 31.2 Å². The van der Waals surface area contributed by atoms with Crippen LogP contribution in [0.4, 0.5) is 13.2 Å². The summed E-state index contributed by atoms with van der Waals surface area (Å²) in [6.07, 6.45) is -2.48. The summed E-state index contributed by atoms with van der Waals surface area (Å²) in [5, 5.41) is 11.7. The predicted molar refractivity (Wildman–Crippen MR) is 127 cm³/mol. The standard InChI is InChI=1S/C24H30F3N5O4S/c1-16(18-5-2-7-20(11-18)24(25,26)27)29-22(33)21-8-4-10-32(21)23(34)19-6-3-9-30(15-19)37(35,36)31-13-17(12-28)14-31/h2,5,7,11,16-17,19,21H,3-4,6,8-10,13-15H2,1H3,(H,29,33)/t16-,19+,21-/m1/s1. The minimum atomic E-state index is -4.50. The third kappa shape index (κ3) is 5.76. The molecule has 0 unspecified atom stereocenters. The van der Waals surface area contributed by atoms with Crippen LogP contribution in [0.25, 0.3) is 0 Å². The first kappa shape index (κ1) is 27.3. The van der Waals surface area contributed by atoms with Crippen LogP contribution in [0.15, 0.2) is 24.3 Å². The van der Waals surface area contributed by atoms with Gasteiger partial charge in [0.1, 0.15) is 6.04 Å². The van der Waals surface area contributed by atoms with Crippen LogP contribution in [0, 0.1) is 23.2 Å². The Balaban J connectivity index is 1.39. The Morgan fingerprint density at radius 3 is 2.49 bits per heavy atom. The lowest BCUT2D eigenvalue weighted by Gasteiger charge is -2.41. The number of nitrogens with zero attached hydrogens (tertiary/aromatic N) is 4. The molecule has 0 bridgehead atoms. The molecule has 1 aromatic carbocycles. The number of nitrogens with one attached hydrogen (secondary N) is 1. The molecule has 202 valence electrons. The molecule has 3 atom stereocenters. The minimum absolute atomic E-state index is 0.0142. The number of piperidine rings is 1. The van der Waals surface area contributed by atoms with Crippen molar-refractivity contribution < 1.29 is 31.2 Å². The zero-order chi connectivity index (χ0) is 27.0. The predicted octanol–water partition coefficient (Wildman–Crippen LogP) is 2.29. The van der Waals surface area contributed by atoms with Gasteiger partial charge in [-0.05, 0) is 50.3 Å². The fraction of sp³-hybridized carbons (Fsp3) is 0.625. The fourth-order valence-electron chi connectivity index (χ4n) is 5.14. The van der Waals surface area contributed by atoms with Crippen molar-refractivity contribution in [2.45, 2.75) is 50.9 Å². The first-order chi connectivity index (χ1) is 17.4. The van der Waals surface area contributed by atoms with Crippen molar-refractivity contribution >= 4 is 22.0 Å². The van der Waals surface area contributed by atoms with Crippen molar-refractivity contribution in [3.05, 3.63) is 35.4 Å². The highest BCUT2D eigenvalue weighted by atomic mass is 32.2. The summed E-state index contributed by atoms with van der Waals surface area (Å²) in [5.41, 5.74) is -0.501. The molecular formula is C24H30F3N5O4S. The summed E-state index contributed by atoms with van der Waals surface area (Å²) in [4.78, 5) is 27.9. The third-order valence-corrected chi connectivity index (χ3v) is 9.26. The molecule has 0 saturated carbocycles. The van der Waals surface area contributed by atoms with Gasteiger partial charge in [0.25, 0.3) is 10.2 Å². The van der Waals surface area contributed by atoms with Crippen LogP contribution in [0.2, 0.25) is 0 Å². The van der Waals surface area contributed by atoms with Crippen LogP contribution in [-0.2, 0) is 26.0 Å². The van der Waals surface area contributed by atoms with E-state index in [1.807, 2.05) is 6.07 Å². The molecule has 0 aliphatic carbocycles. The van der Waals surface area contributed by atoms with E-state index in [4.69, 9.17) is 5.26 Å². The summed E-state index contributed by atoms with van der Waals surface area (Å²) in [6.45, 7) is 2.54. The molecule has 3 aliphatic heterocycles. The van der Waals surface area contributed by atoms with Crippen molar-refractivity contribution in [1.29, 1.82) is 5.26 Å². The van der Waals surface area contributed by atoms with Gasteiger partial charge in [-0.2, -0.15) is 35.5 Å². The van der Waals surface area contributed by atoms with Gasteiger partial charge in [0.05, 0.1) is 29.5 Å². The molecule has 0 radical (unpaired) electrons. The summed E-state index contributed by atoms with van der Waals surface area (Å²) in [5.74, 6) is -1.65. The average Bonchev–Trinajstić information content (AvgIpc) is 3.32. The van der Waals surface area contributed by atoms with Crippen molar-refractivity contribution in [2.24, 2.45) is 11.8 Å². The number of carbonyl (C=O) groups excluding carboxylic acids is 2. The molecule has 1 N–H and O–H groups in total. The highest BCUT2D eigenvalue weighted by Gasteiger charge is 2.44. The largest absolute Gasteiger partial charge is 0.416 e. The number of hydrogen-bond donors (Lipinski definition) is 1. The quantitative estimate of drug-likeness (QED) is 0.594. The second-order valence-electron chi connectivity index (χ2n) is 9.89. The second kappa shape index (κ2) is 10.6. The Morgan fingerprint density at radius 2 is 1.81 bits per heavy atom. The molecule has 13 heteroatoms. The van der Waals surface area contributed by atoms with Gasteiger partial charge in [0, 0.05) is 32.7 Å². The topological polar surface area (TPSA) is 114 Å². The fourth-order valence-corrected chi connectivity index (χ4v) is 6.93. The lowest BCUT2D eigenvalue weighted by atomic mass is 9.97. The Labute approximate surface area is 214 Å². The van der Waals surface area contributed by atoms with Crippen LogP contribution in [0.1, 0.15) is 49.8 Å². The molecule has 37 heavy (non-hydrogen) atoms. The maximum atomic E-state index is 13.4. The maximum absolute atomic E-state index is 13.4. The molecular weight excluding hydrogens is 511 g/mol. The number of likely N-dealkylation sites (tertiary alicyclic amines) is 1. The van der Waals surface area contributed by atoms with Gasteiger partial charge in [-0.15, -0.1) is 0 Å². The average molecular weight is 542 g/mol. The Morgan fingerprint density at radius 1 is 1.11 bits per heavy atom. The Kier molecular flexibility index (Phi) is 7.83. The molecule has 0 spiro atoms. The molecule has 3 heterocycles. The summed E-state index contributed by atoms with van der Waals surface area (Å²) in [6, 6.07) is 5.34. The summed E-state index contributed by atoms with van der Waals surface area (Å²) < 4.78 is 67.6. The maximum Gasteiger partial charge on any atom is 0.416 e. The summed E-state index contributed by atoms with van der Waals surface area (Å²) in [7, 11) is -3.76. The van der Waals surface area contributed by atoms with E-state index in [-0.39, 0.29) is 38.0 Å². The van der Waals surface area contributed by atoms with Gasteiger partial charge >= 0.3 is 6.18 Å². The van der Waals surface area contributed by atoms with Gasteiger partial charge < -0.3 is 10.2 Å². The SMILES string of the molecule is C[C@@H](NC(=O)[C@H]1CCCN1C(=O)[C@H]1CCCN(S(=O)(=O)N2CC(C#N)C2)C1)c1cccc(C(F)(F)F)c1. The second-order valence-corrected chi connectivity index (χ2v) is 11.8. The molecule has 3 saturated heterocycles. The molecule has 4 rings (SSSR count). The Hall–Kier alpha value is -2.69. The number of nitriles is 1. The minimum Gasteiger partial charge on any atom is -0.348 e. The number of rotatable bonds is 6. The van der Waals surface area contributed by atoms with E-state index in [0.29, 0.717) is 37.8 Å². The van der Waals surface area contributed by atoms with Crippen molar-refractivity contribution in [2.75, 3.05) is 32.7 Å². The highest BCUT2D eigenvalue weighted by molar-refractivity contribution is 7.86. The van der Waals surface area contributed by atoms with E-state index in [1.165, 1.54) is 25.6 Å². The third-order valence-electron chi connectivity index (χ3n) is 7.33. The number of alkyl halides is 3. The number of benzene rings is 1. The van der Waals surface area contributed by atoms with Crippen LogP contribution >= 0.6 is 0 Å². The first-order valence-electron chi connectivity index (χ1n) is 12.3. The van der Waals surface area contributed by atoms with Crippen LogP contribution < -0.4 is 5.32 Å². The highest BCUT2D eigenvalue weighted by Crippen LogP contribution is 2.32. The smallest absolute Gasteiger partial charge is 0.348 e. The van der Waals surface area contributed by atoms with Gasteiger partial charge in [-0.25, -0.2) is 0 Å². The number of halogens is 3. The van der Waals surface area contributed by atoms with Gasteiger partial charge in [0.15, 0.2) is 0 Å². The van der Waals surface area contributed by atoms with Gasteiger partial charge in [0.2, 0.25) is 11.8 Å². The number of hydrogen-bond acceptors (Lipinski definition) is 5. The van der Waals surface area contributed by atoms with Gasteiger partial charge in [-0.1, -0.05) is 12.1 Å². The summed E-state index contributed by atoms with van der Waals surface area (Å²) >= 11 is 0. The monoisotopic (exact) mass is 541 g/mol. The number of amides is 2. The molecule has 3 aliphatic rings. The first-order valence-corrected chi connectivity index (χ1v) is 13.7. The van der Waals surface area contributed by atoms with Crippen LogP contribution in [0.5, 0.6) is 0 Å². The van der Waals surface area contributed by atoms with Crippen molar-refractivity contribution in [3.63, 3.8) is 0 Å². The molecule has 2 amide bonds. The Bertz CT molecular complexity index is 1180. The lowest BCUT2D eigenvalue weighted by molar-refractivity contribution is -0.142. The molecule has 9 nitrogen and oxygen atoms in total. The normalized spacial score (nSPS) is 24.8. The number of carbonyl (C=O) groups is 2. The van der Waals surface area contributed by atoms with Gasteiger partial charge in [-0.3, -0.25) is 9.59 Å². The zero-order valence-corrected chi connectivity index (χ0v) is 21.3.